The smallest absolute Gasteiger partial charge is 0.374 e. The summed E-state index contributed by atoms with van der Waals surface area (Å²) in [7, 11) is 0. The Hall–Kier alpha value is -1.79. The van der Waals surface area contributed by atoms with E-state index >= 15 is 0 Å². The van der Waals surface area contributed by atoms with Crippen molar-refractivity contribution in [3.63, 3.8) is 0 Å². The molecule has 126 valence electrons. The van der Waals surface area contributed by atoms with Crippen LogP contribution in [0.25, 0.3) is 0 Å². The summed E-state index contributed by atoms with van der Waals surface area (Å²) in [5.74, 6) is -0.498. The van der Waals surface area contributed by atoms with E-state index < -0.39 is 24.0 Å². The van der Waals surface area contributed by atoms with Crippen LogP contribution in [0.2, 0.25) is 10.0 Å². The molecule has 0 bridgehead atoms. The van der Waals surface area contributed by atoms with E-state index in [2.05, 4.69) is 5.16 Å². The van der Waals surface area contributed by atoms with Gasteiger partial charge in [0.1, 0.15) is 5.82 Å². The Bertz CT molecular complexity index is 784. The standard InChI is InChI=1S/C16H9Cl2F4NO/c17-11-5-10(6-12(18)7-11)15(16(20,21)22)8-14(23-24-15)9-1-3-13(19)4-2-9/h1-7H,8H2. The number of hydrogen-bond donors (Lipinski definition) is 0. The lowest BCUT2D eigenvalue weighted by Crippen LogP contribution is -2.42. The number of halogens is 6. The molecular formula is C16H9Cl2F4NO. The lowest BCUT2D eigenvalue weighted by atomic mass is 9.86. The van der Waals surface area contributed by atoms with Gasteiger partial charge in [0.05, 0.1) is 5.71 Å². The van der Waals surface area contributed by atoms with Gasteiger partial charge in [0, 0.05) is 22.0 Å². The first-order chi connectivity index (χ1) is 11.2. The second-order valence-corrected chi connectivity index (χ2v) is 6.17. The molecule has 3 rings (SSSR count). The Morgan fingerprint density at radius 1 is 1.00 bits per heavy atom. The van der Waals surface area contributed by atoms with Gasteiger partial charge in [0.15, 0.2) is 0 Å². The Kier molecular flexibility index (Phi) is 4.21. The van der Waals surface area contributed by atoms with Crippen LogP contribution in [0, 0.1) is 5.82 Å². The van der Waals surface area contributed by atoms with Gasteiger partial charge in [-0.1, -0.05) is 40.5 Å². The van der Waals surface area contributed by atoms with Crippen LogP contribution in [-0.4, -0.2) is 11.9 Å². The molecule has 0 N–H and O–H groups in total. The largest absolute Gasteiger partial charge is 0.435 e. The highest BCUT2D eigenvalue weighted by molar-refractivity contribution is 6.34. The summed E-state index contributed by atoms with van der Waals surface area (Å²) in [6.07, 6.45) is -5.33. The van der Waals surface area contributed by atoms with Gasteiger partial charge in [0.25, 0.3) is 5.60 Å². The lowest BCUT2D eigenvalue weighted by molar-refractivity contribution is -0.275. The van der Waals surface area contributed by atoms with E-state index in [-0.39, 0.29) is 21.3 Å². The monoisotopic (exact) mass is 377 g/mol. The van der Waals surface area contributed by atoms with Crippen molar-refractivity contribution in [3.8, 4) is 0 Å². The fourth-order valence-corrected chi connectivity index (χ4v) is 3.01. The minimum absolute atomic E-state index is 0.0555. The molecule has 1 atom stereocenters. The third-order valence-electron chi connectivity index (χ3n) is 3.69. The van der Waals surface area contributed by atoms with Crippen LogP contribution in [-0.2, 0) is 10.4 Å². The fourth-order valence-electron chi connectivity index (χ4n) is 2.49. The molecule has 0 saturated carbocycles. The summed E-state index contributed by atoms with van der Waals surface area (Å²) < 4.78 is 54.3. The zero-order valence-electron chi connectivity index (χ0n) is 11.9. The van der Waals surface area contributed by atoms with Crippen LogP contribution in [0.15, 0.2) is 47.6 Å². The Morgan fingerprint density at radius 3 is 2.12 bits per heavy atom. The summed E-state index contributed by atoms with van der Waals surface area (Å²) in [5.41, 5.74) is -2.53. The molecule has 0 amide bonds. The van der Waals surface area contributed by atoms with Crippen LogP contribution in [0.3, 0.4) is 0 Å². The highest BCUT2D eigenvalue weighted by Crippen LogP contribution is 2.49. The molecule has 2 aromatic rings. The van der Waals surface area contributed by atoms with E-state index in [9.17, 15) is 17.6 Å². The van der Waals surface area contributed by atoms with Crippen molar-refractivity contribution in [2.75, 3.05) is 0 Å². The molecule has 1 aliphatic heterocycles. The van der Waals surface area contributed by atoms with Gasteiger partial charge in [0.2, 0.25) is 0 Å². The maximum absolute atomic E-state index is 13.8. The van der Waals surface area contributed by atoms with Crippen molar-refractivity contribution >= 4 is 28.9 Å². The Labute approximate surface area is 144 Å². The summed E-state index contributed by atoms with van der Waals surface area (Å²) in [6, 6.07) is 8.58. The Balaban J connectivity index is 2.03. The summed E-state index contributed by atoms with van der Waals surface area (Å²) in [5, 5.41) is 3.69. The van der Waals surface area contributed by atoms with Crippen molar-refractivity contribution in [1.82, 2.24) is 0 Å². The van der Waals surface area contributed by atoms with Crippen molar-refractivity contribution in [2.45, 2.75) is 18.2 Å². The van der Waals surface area contributed by atoms with E-state index in [0.29, 0.717) is 5.56 Å². The first kappa shape index (κ1) is 17.0. The van der Waals surface area contributed by atoms with E-state index in [0.717, 1.165) is 24.3 Å². The molecule has 0 saturated heterocycles. The van der Waals surface area contributed by atoms with Crippen molar-refractivity contribution < 1.29 is 22.4 Å². The predicted octanol–water partition coefficient (Wildman–Crippen LogP) is 5.71. The molecule has 0 radical (unpaired) electrons. The van der Waals surface area contributed by atoms with Crippen LogP contribution < -0.4 is 0 Å². The molecule has 8 heteroatoms. The van der Waals surface area contributed by atoms with Gasteiger partial charge in [-0.2, -0.15) is 13.2 Å². The SMILES string of the molecule is Fc1ccc(C2=NOC(c3cc(Cl)cc(Cl)c3)(C(F)(F)F)C2)cc1. The predicted molar refractivity (Wildman–Crippen MR) is 82.8 cm³/mol. The van der Waals surface area contributed by atoms with Crippen LogP contribution >= 0.6 is 23.2 Å². The third-order valence-corrected chi connectivity index (χ3v) is 4.13. The third kappa shape index (κ3) is 2.96. The second kappa shape index (κ2) is 5.93. The van der Waals surface area contributed by atoms with E-state index in [1.54, 1.807) is 0 Å². The van der Waals surface area contributed by atoms with Gasteiger partial charge in [-0.3, -0.25) is 0 Å². The van der Waals surface area contributed by atoms with Crippen LogP contribution in [0.4, 0.5) is 17.6 Å². The lowest BCUT2D eigenvalue weighted by Gasteiger charge is -2.29. The second-order valence-electron chi connectivity index (χ2n) is 5.30. The number of rotatable bonds is 2. The fraction of sp³-hybridized carbons (Fsp3) is 0.188. The van der Waals surface area contributed by atoms with Gasteiger partial charge in [-0.15, -0.1) is 0 Å². The molecule has 0 spiro atoms. The van der Waals surface area contributed by atoms with Gasteiger partial charge in [-0.05, 0) is 35.9 Å². The number of alkyl halides is 3. The molecule has 2 aromatic carbocycles. The quantitative estimate of drug-likeness (QED) is 0.613. The molecular weight excluding hydrogens is 369 g/mol. The molecule has 1 aliphatic rings. The average Bonchev–Trinajstić information content (AvgIpc) is 2.93. The van der Waals surface area contributed by atoms with Crippen LogP contribution in [0.1, 0.15) is 17.5 Å². The molecule has 2 nitrogen and oxygen atoms in total. The maximum atomic E-state index is 13.8. The van der Waals surface area contributed by atoms with E-state index in [1.165, 1.54) is 18.2 Å². The van der Waals surface area contributed by atoms with Crippen molar-refractivity contribution in [2.24, 2.45) is 5.16 Å². The first-order valence-corrected chi connectivity index (χ1v) is 7.51. The zero-order chi connectivity index (χ0) is 17.5. The van der Waals surface area contributed by atoms with Crippen molar-refractivity contribution in [1.29, 1.82) is 0 Å². The van der Waals surface area contributed by atoms with Crippen molar-refractivity contribution in [3.05, 3.63) is 69.5 Å². The average molecular weight is 378 g/mol. The van der Waals surface area contributed by atoms with Gasteiger partial charge < -0.3 is 4.84 Å². The van der Waals surface area contributed by atoms with Gasteiger partial charge >= 0.3 is 6.18 Å². The molecule has 24 heavy (non-hydrogen) atoms. The number of hydrogen-bond acceptors (Lipinski definition) is 2. The summed E-state index contributed by atoms with van der Waals surface area (Å²) in [6.45, 7) is 0. The number of nitrogens with zero attached hydrogens (tertiary/aromatic N) is 1. The first-order valence-electron chi connectivity index (χ1n) is 6.75. The van der Waals surface area contributed by atoms with Crippen LogP contribution in [0.5, 0.6) is 0 Å². The molecule has 0 aliphatic carbocycles. The topological polar surface area (TPSA) is 21.6 Å². The zero-order valence-corrected chi connectivity index (χ0v) is 13.4. The molecule has 1 heterocycles. The molecule has 0 fully saturated rings. The molecule has 0 aromatic heterocycles. The highest BCUT2D eigenvalue weighted by Gasteiger charge is 2.62. The minimum Gasteiger partial charge on any atom is -0.374 e. The summed E-state index contributed by atoms with van der Waals surface area (Å²) >= 11 is 11.6. The minimum atomic E-state index is -4.76. The molecule has 1 unspecified atom stereocenters. The Morgan fingerprint density at radius 2 is 1.58 bits per heavy atom. The number of oxime groups is 1. The number of benzene rings is 2. The maximum Gasteiger partial charge on any atom is 0.435 e. The van der Waals surface area contributed by atoms with E-state index in [4.69, 9.17) is 28.0 Å². The summed E-state index contributed by atoms with van der Waals surface area (Å²) in [4.78, 5) is 4.85. The van der Waals surface area contributed by atoms with E-state index in [1.807, 2.05) is 0 Å². The highest BCUT2D eigenvalue weighted by atomic mass is 35.5. The normalized spacial score (nSPS) is 20.7. The van der Waals surface area contributed by atoms with Gasteiger partial charge in [-0.25, -0.2) is 4.39 Å².